The largest absolute Gasteiger partial charge is 0.322 e. The lowest BCUT2D eigenvalue weighted by atomic mass is 9.98. The van der Waals surface area contributed by atoms with E-state index < -0.39 is 0 Å². The van der Waals surface area contributed by atoms with Crippen molar-refractivity contribution >= 4 is 27.6 Å². The molecule has 0 radical (unpaired) electrons. The lowest BCUT2D eigenvalue weighted by molar-refractivity contribution is 0.163. The van der Waals surface area contributed by atoms with Crippen molar-refractivity contribution in [2.24, 2.45) is 0 Å². The Hall–Kier alpha value is -1.82. The molecule has 0 aliphatic carbocycles. The standard InChI is InChI=1S/C16H19BrN4O/c1-11-5-6-13(8-14(11)17)20-16(22)21-7-3-2-4-15(21)12-9-18-19-10-12/h5-6,8-10,15H,2-4,7H2,1H3,(H,18,19)(H,20,22). The molecule has 1 unspecified atom stereocenters. The fourth-order valence-electron chi connectivity index (χ4n) is 2.83. The van der Waals surface area contributed by atoms with E-state index in [1.165, 1.54) is 0 Å². The van der Waals surface area contributed by atoms with E-state index in [-0.39, 0.29) is 12.1 Å². The minimum Gasteiger partial charge on any atom is -0.317 e. The summed E-state index contributed by atoms with van der Waals surface area (Å²) in [6.07, 6.45) is 6.83. The summed E-state index contributed by atoms with van der Waals surface area (Å²) in [5.74, 6) is 0. The van der Waals surface area contributed by atoms with E-state index in [9.17, 15) is 4.79 Å². The fraction of sp³-hybridized carbons (Fsp3) is 0.375. The average molecular weight is 363 g/mol. The first-order valence-electron chi connectivity index (χ1n) is 7.47. The molecule has 2 aromatic rings. The number of nitrogens with zero attached hydrogens (tertiary/aromatic N) is 2. The van der Waals surface area contributed by atoms with Crippen molar-refractivity contribution in [1.82, 2.24) is 15.1 Å². The lowest BCUT2D eigenvalue weighted by Gasteiger charge is -2.35. The quantitative estimate of drug-likeness (QED) is 0.838. The number of amides is 2. The second-order valence-corrected chi connectivity index (χ2v) is 6.49. The number of hydrogen-bond donors (Lipinski definition) is 2. The first-order valence-corrected chi connectivity index (χ1v) is 8.27. The van der Waals surface area contributed by atoms with Crippen molar-refractivity contribution in [3.05, 3.63) is 46.2 Å². The van der Waals surface area contributed by atoms with Crippen LogP contribution in [0.2, 0.25) is 0 Å². The van der Waals surface area contributed by atoms with Crippen LogP contribution < -0.4 is 5.32 Å². The zero-order valence-electron chi connectivity index (χ0n) is 12.5. The van der Waals surface area contributed by atoms with Gasteiger partial charge in [-0.25, -0.2) is 4.79 Å². The molecule has 22 heavy (non-hydrogen) atoms. The van der Waals surface area contributed by atoms with Crippen molar-refractivity contribution < 1.29 is 4.79 Å². The first kappa shape index (κ1) is 15.1. The monoisotopic (exact) mass is 362 g/mol. The van der Waals surface area contributed by atoms with E-state index in [1.807, 2.05) is 36.2 Å². The Morgan fingerprint density at radius 1 is 1.45 bits per heavy atom. The topological polar surface area (TPSA) is 61.0 Å². The van der Waals surface area contributed by atoms with Gasteiger partial charge in [0.05, 0.1) is 12.2 Å². The predicted molar refractivity (Wildman–Crippen MR) is 89.8 cm³/mol. The van der Waals surface area contributed by atoms with E-state index in [1.54, 1.807) is 6.20 Å². The van der Waals surface area contributed by atoms with Crippen LogP contribution in [0.25, 0.3) is 0 Å². The summed E-state index contributed by atoms with van der Waals surface area (Å²) in [5.41, 5.74) is 3.02. The maximum absolute atomic E-state index is 12.6. The van der Waals surface area contributed by atoms with Gasteiger partial charge in [-0.05, 0) is 43.9 Å². The van der Waals surface area contributed by atoms with Crippen LogP contribution in [0.3, 0.4) is 0 Å². The van der Waals surface area contributed by atoms with Crippen LogP contribution in [0.15, 0.2) is 35.1 Å². The zero-order valence-corrected chi connectivity index (χ0v) is 14.1. The van der Waals surface area contributed by atoms with Gasteiger partial charge in [0.2, 0.25) is 0 Å². The number of H-pyrrole nitrogens is 1. The van der Waals surface area contributed by atoms with Crippen molar-refractivity contribution in [1.29, 1.82) is 0 Å². The van der Waals surface area contributed by atoms with E-state index >= 15 is 0 Å². The molecule has 2 N–H and O–H groups in total. The zero-order chi connectivity index (χ0) is 15.5. The Morgan fingerprint density at radius 2 is 2.32 bits per heavy atom. The minimum atomic E-state index is -0.0540. The Labute approximate surface area is 138 Å². The highest BCUT2D eigenvalue weighted by atomic mass is 79.9. The van der Waals surface area contributed by atoms with Gasteiger partial charge in [0.1, 0.15) is 0 Å². The van der Waals surface area contributed by atoms with Gasteiger partial charge in [0, 0.05) is 28.5 Å². The maximum Gasteiger partial charge on any atom is 0.322 e. The van der Waals surface area contributed by atoms with E-state index in [4.69, 9.17) is 0 Å². The maximum atomic E-state index is 12.6. The van der Waals surface area contributed by atoms with Gasteiger partial charge in [-0.3, -0.25) is 5.10 Å². The third kappa shape index (κ3) is 3.16. The van der Waals surface area contributed by atoms with Gasteiger partial charge < -0.3 is 10.2 Å². The number of aryl methyl sites for hydroxylation is 1. The van der Waals surface area contributed by atoms with Crippen LogP contribution in [-0.4, -0.2) is 27.7 Å². The van der Waals surface area contributed by atoms with Crippen molar-refractivity contribution in [2.75, 3.05) is 11.9 Å². The van der Waals surface area contributed by atoms with Crippen LogP contribution >= 0.6 is 15.9 Å². The molecule has 1 aromatic carbocycles. The number of aromatic nitrogens is 2. The summed E-state index contributed by atoms with van der Waals surface area (Å²) in [6, 6.07) is 5.89. The molecule has 1 aliphatic heterocycles. The molecule has 2 heterocycles. The highest BCUT2D eigenvalue weighted by Gasteiger charge is 2.28. The van der Waals surface area contributed by atoms with Gasteiger partial charge in [0.25, 0.3) is 0 Å². The number of anilines is 1. The number of likely N-dealkylation sites (tertiary alicyclic amines) is 1. The SMILES string of the molecule is Cc1ccc(NC(=O)N2CCCCC2c2cn[nH]c2)cc1Br. The summed E-state index contributed by atoms with van der Waals surface area (Å²) in [6.45, 7) is 2.80. The normalized spacial score (nSPS) is 18.3. The Kier molecular flexibility index (Phi) is 4.47. The molecule has 3 rings (SSSR count). The van der Waals surface area contributed by atoms with Crippen LogP contribution in [-0.2, 0) is 0 Å². The number of urea groups is 1. The number of piperidine rings is 1. The van der Waals surface area contributed by atoms with E-state index in [0.29, 0.717) is 0 Å². The molecular weight excluding hydrogens is 344 g/mol. The fourth-order valence-corrected chi connectivity index (χ4v) is 3.21. The van der Waals surface area contributed by atoms with Crippen molar-refractivity contribution in [3.63, 3.8) is 0 Å². The number of halogens is 1. The minimum absolute atomic E-state index is 0.0540. The van der Waals surface area contributed by atoms with Crippen molar-refractivity contribution in [3.8, 4) is 0 Å². The van der Waals surface area contributed by atoms with Crippen LogP contribution in [0.5, 0.6) is 0 Å². The average Bonchev–Trinajstić information content (AvgIpc) is 3.05. The lowest BCUT2D eigenvalue weighted by Crippen LogP contribution is -2.41. The second-order valence-electron chi connectivity index (χ2n) is 5.63. The molecule has 0 saturated carbocycles. The predicted octanol–water partition coefficient (Wildman–Crippen LogP) is 4.24. The van der Waals surface area contributed by atoms with Crippen molar-refractivity contribution in [2.45, 2.75) is 32.2 Å². The van der Waals surface area contributed by atoms with Gasteiger partial charge in [-0.15, -0.1) is 0 Å². The molecule has 1 saturated heterocycles. The summed E-state index contributed by atoms with van der Waals surface area (Å²) in [7, 11) is 0. The van der Waals surface area contributed by atoms with Crippen LogP contribution in [0, 0.1) is 6.92 Å². The van der Waals surface area contributed by atoms with E-state index in [2.05, 4.69) is 31.4 Å². The summed E-state index contributed by atoms with van der Waals surface area (Å²) >= 11 is 3.50. The van der Waals surface area contributed by atoms with E-state index in [0.717, 1.165) is 47.1 Å². The molecule has 6 heteroatoms. The van der Waals surface area contributed by atoms with Gasteiger partial charge in [-0.1, -0.05) is 22.0 Å². The molecule has 1 aromatic heterocycles. The number of aromatic amines is 1. The number of carbonyl (C=O) groups is 1. The molecule has 0 bridgehead atoms. The highest BCUT2D eigenvalue weighted by molar-refractivity contribution is 9.10. The molecule has 1 fully saturated rings. The van der Waals surface area contributed by atoms with Gasteiger partial charge in [-0.2, -0.15) is 5.10 Å². The number of hydrogen-bond acceptors (Lipinski definition) is 2. The summed E-state index contributed by atoms with van der Waals surface area (Å²) < 4.78 is 0.996. The van der Waals surface area contributed by atoms with Gasteiger partial charge >= 0.3 is 6.03 Å². The third-order valence-electron chi connectivity index (χ3n) is 4.09. The smallest absolute Gasteiger partial charge is 0.317 e. The Bertz CT molecular complexity index is 656. The summed E-state index contributed by atoms with van der Waals surface area (Å²) in [4.78, 5) is 14.5. The number of rotatable bonds is 2. The number of benzene rings is 1. The Morgan fingerprint density at radius 3 is 3.05 bits per heavy atom. The molecular formula is C16H19BrN4O. The molecule has 1 atom stereocenters. The third-order valence-corrected chi connectivity index (χ3v) is 4.95. The van der Waals surface area contributed by atoms with Crippen LogP contribution in [0.1, 0.15) is 36.4 Å². The first-order chi connectivity index (χ1) is 10.6. The molecule has 5 nitrogen and oxygen atoms in total. The Balaban J connectivity index is 1.75. The van der Waals surface area contributed by atoms with Crippen LogP contribution in [0.4, 0.5) is 10.5 Å². The second kappa shape index (κ2) is 6.52. The number of nitrogens with one attached hydrogen (secondary N) is 2. The highest BCUT2D eigenvalue weighted by Crippen LogP contribution is 2.31. The summed E-state index contributed by atoms with van der Waals surface area (Å²) in [5, 5.41) is 9.84. The molecule has 1 aliphatic rings. The molecule has 2 amide bonds. The molecule has 116 valence electrons. The molecule has 0 spiro atoms. The van der Waals surface area contributed by atoms with Gasteiger partial charge in [0.15, 0.2) is 0 Å². The number of carbonyl (C=O) groups excluding carboxylic acids is 1.